The number of hydrogen-bond acceptors (Lipinski definition) is 5. The quantitative estimate of drug-likeness (QED) is 0.853. The van der Waals surface area contributed by atoms with Crippen LogP contribution in [0.2, 0.25) is 0 Å². The van der Waals surface area contributed by atoms with Gasteiger partial charge in [-0.15, -0.1) is 11.3 Å². The molecule has 0 unspecified atom stereocenters. The third-order valence-electron chi connectivity index (χ3n) is 2.22. The number of nitrogens with one attached hydrogen (secondary N) is 1. The monoisotopic (exact) mass is 277 g/mol. The summed E-state index contributed by atoms with van der Waals surface area (Å²) in [5.41, 5.74) is 0.577. The van der Waals surface area contributed by atoms with Gasteiger partial charge in [-0.2, -0.15) is 0 Å². The van der Waals surface area contributed by atoms with Crippen molar-refractivity contribution in [3.63, 3.8) is 0 Å². The molecule has 0 atom stereocenters. The summed E-state index contributed by atoms with van der Waals surface area (Å²) in [6.45, 7) is 0.494. The zero-order valence-corrected chi connectivity index (χ0v) is 10.7. The molecule has 0 spiro atoms. The molecule has 98 valence electrons. The van der Waals surface area contributed by atoms with Crippen molar-refractivity contribution in [3.8, 4) is 5.75 Å². The summed E-state index contributed by atoms with van der Waals surface area (Å²) in [7, 11) is 0. The standard InChI is InChI=1S/C13H11NO4S/c15-9-17-8-12-11(6-7-19-12)14-13(16)18-10-4-2-1-3-5-10/h1-7,9H,8H2,(H,14,16). The van der Waals surface area contributed by atoms with Crippen molar-refractivity contribution >= 4 is 29.6 Å². The fourth-order valence-corrected chi connectivity index (χ4v) is 2.16. The second kappa shape index (κ2) is 6.55. The highest BCUT2D eigenvalue weighted by Crippen LogP contribution is 2.23. The molecule has 0 saturated heterocycles. The number of amides is 1. The molecular weight excluding hydrogens is 266 g/mol. The van der Waals surface area contributed by atoms with Crippen LogP contribution >= 0.6 is 11.3 Å². The summed E-state index contributed by atoms with van der Waals surface area (Å²) in [5, 5.41) is 4.39. The third-order valence-corrected chi connectivity index (χ3v) is 3.11. The summed E-state index contributed by atoms with van der Waals surface area (Å²) in [6.07, 6.45) is -0.586. The maximum absolute atomic E-state index is 11.7. The Morgan fingerprint density at radius 1 is 1.26 bits per heavy atom. The highest BCUT2D eigenvalue weighted by atomic mass is 32.1. The molecule has 0 aliphatic carbocycles. The zero-order valence-electron chi connectivity index (χ0n) is 9.87. The molecule has 0 aliphatic rings. The SMILES string of the molecule is O=COCc1sccc1NC(=O)Oc1ccccc1. The minimum atomic E-state index is -0.586. The van der Waals surface area contributed by atoms with E-state index in [-0.39, 0.29) is 6.61 Å². The lowest BCUT2D eigenvalue weighted by Crippen LogP contribution is -2.17. The second-order valence-electron chi connectivity index (χ2n) is 3.49. The van der Waals surface area contributed by atoms with Gasteiger partial charge in [0, 0.05) is 0 Å². The Labute approximate surface area is 113 Å². The van der Waals surface area contributed by atoms with Crippen molar-refractivity contribution in [1.82, 2.24) is 0 Å². The maximum Gasteiger partial charge on any atom is 0.417 e. The van der Waals surface area contributed by atoms with E-state index in [4.69, 9.17) is 4.74 Å². The van der Waals surface area contributed by atoms with E-state index in [1.54, 1.807) is 35.7 Å². The van der Waals surface area contributed by atoms with Gasteiger partial charge in [0.15, 0.2) is 0 Å². The van der Waals surface area contributed by atoms with Crippen LogP contribution in [0.25, 0.3) is 0 Å². The van der Waals surface area contributed by atoms with E-state index in [1.165, 1.54) is 11.3 Å². The van der Waals surface area contributed by atoms with Crippen LogP contribution in [0, 0.1) is 0 Å². The van der Waals surface area contributed by atoms with Crippen LogP contribution in [0.5, 0.6) is 5.75 Å². The highest BCUT2D eigenvalue weighted by Gasteiger charge is 2.10. The van der Waals surface area contributed by atoms with E-state index in [1.807, 2.05) is 6.07 Å². The molecule has 0 fully saturated rings. The van der Waals surface area contributed by atoms with E-state index < -0.39 is 6.09 Å². The Hall–Kier alpha value is -2.34. The summed E-state index contributed by atoms with van der Waals surface area (Å²) in [5.74, 6) is 0.459. The summed E-state index contributed by atoms with van der Waals surface area (Å²) in [4.78, 5) is 22.6. The molecule has 0 radical (unpaired) electrons. The molecular formula is C13H11NO4S. The van der Waals surface area contributed by atoms with Crippen molar-refractivity contribution in [1.29, 1.82) is 0 Å². The summed E-state index contributed by atoms with van der Waals surface area (Å²) in [6, 6.07) is 10.5. The summed E-state index contributed by atoms with van der Waals surface area (Å²) < 4.78 is 9.75. The topological polar surface area (TPSA) is 64.6 Å². The molecule has 0 bridgehead atoms. The van der Waals surface area contributed by atoms with Gasteiger partial charge < -0.3 is 9.47 Å². The fraction of sp³-hybridized carbons (Fsp3) is 0.0769. The van der Waals surface area contributed by atoms with Crippen LogP contribution in [0.3, 0.4) is 0 Å². The molecule has 0 saturated carbocycles. The average Bonchev–Trinajstić information content (AvgIpc) is 2.84. The molecule has 6 heteroatoms. The van der Waals surface area contributed by atoms with Crippen LogP contribution in [0.15, 0.2) is 41.8 Å². The first-order valence-corrected chi connectivity index (χ1v) is 6.33. The predicted octanol–water partition coefficient (Wildman–Crippen LogP) is 3.03. The smallest absolute Gasteiger partial charge is 0.417 e. The van der Waals surface area contributed by atoms with E-state index in [9.17, 15) is 9.59 Å². The first-order valence-electron chi connectivity index (χ1n) is 5.45. The normalized spacial score (nSPS) is 9.68. The predicted molar refractivity (Wildman–Crippen MR) is 71.3 cm³/mol. The third kappa shape index (κ3) is 3.82. The van der Waals surface area contributed by atoms with Gasteiger partial charge in [-0.25, -0.2) is 4.79 Å². The van der Waals surface area contributed by atoms with Gasteiger partial charge in [-0.1, -0.05) is 18.2 Å². The van der Waals surface area contributed by atoms with Gasteiger partial charge >= 0.3 is 6.09 Å². The maximum atomic E-state index is 11.7. The number of carbonyl (C=O) groups excluding carboxylic acids is 2. The average molecular weight is 277 g/mol. The molecule has 2 rings (SSSR count). The number of para-hydroxylation sites is 1. The number of carbonyl (C=O) groups is 2. The van der Waals surface area contributed by atoms with E-state index in [0.29, 0.717) is 17.9 Å². The lowest BCUT2D eigenvalue weighted by atomic mass is 10.3. The molecule has 1 heterocycles. The minimum absolute atomic E-state index is 0.127. The van der Waals surface area contributed by atoms with Crippen LogP contribution < -0.4 is 10.1 Å². The molecule has 1 N–H and O–H groups in total. The molecule has 2 aromatic rings. The number of hydrogen-bond donors (Lipinski definition) is 1. The summed E-state index contributed by atoms with van der Waals surface area (Å²) >= 11 is 1.38. The number of thiophene rings is 1. The molecule has 19 heavy (non-hydrogen) atoms. The molecule has 5 nitrogen and oxygen atoms in total. The minimum Gasteiger partial charge on any atom is -0.462 e. The first-order chi connectivity index (χ1) is 9.29. The van der Waals surface area contributed by atoms with Gasteiger partial charge in [0.1, 0.15) is 12.4 Å². The van der Waals surface area contributed by atoms with E-state index in [0.717, 1.165) is 4.88 Å². The van der Waals surface area contributed by atoms with Gasteiger partial charge in [0.05, 0.1) is 10.6 Å². The first kappa shape index (κ1) is 13.1. The number of ether oxygens (including phenoxy) is 2. The molecule has 0 aliphatic heterocycles. The Morgan fingerprint density at radius 3 is 2.79 bits per heavy atom. The Kier molecular flexibility index (Phi) is 4.52. The molecule has 1 aromatic carbocycles. The van der Waals surface area contributed by atoms with Gasteiger partial charge in [-0.3, -0.25) is 10.1 Å². The fourth-order valence-electron chi connectivity index (χ4n) is 1.40. The van der Waals surface area contributed by atoms with E-state index in [2.05, 4.69) is 10.1 Å². The zero-order chi connectivity index (χ0) is 13.5. The van der Waals surface area contributed by atoms with Gasteiger partial charge in [-0.05, 0) is 23.6 Å². The largest absolute Gasteiger partial charge is 0.462 e. The lowest BCUT2D eigenvalue weighted by molar-refractivity contribution is -0.129. The van der Waals surface area contributed by atoms with Crippen LogP contribution in [0.1, 0.15) is 4.88 Å². The Bertz CT molecular complexity index is 553. The van der Waals surface area contributed by atoms with Crippen molar-refractivity contribution in [3.05, 3.63) is 46.7 Å². The van der Waals surface area contributed by atoms with Crippen molar-refractivity contribution < 1.29 is 19.1 Å². The number of benzene rings is 1. The highest BCUT2D eigenvalue weighted by molar-refractivity contribution is 7.10. The van der Waals surface area contributed by atoms with Crippen LogP contribution in [-0.2, 0) is 16.1 Å². The number of rotatable bonds is 5. The molecule has 1 aromatic heterocycles. The Morgan fingerprint density at radius 2 is 2.05 bits per heavy atom. The van der Waals surface area contributed by atoms with Crippen LogP contribution in [-0.4, -0.2) is 12.6 Å². The number of anilines is 1. The lowest BCUT2D eigenvalue weighted by Gasteiger charge is -2.06. The van der Waals surface area contributed by atoms with Crippen molar-refractivity contribution in [2.24, 2.45) is 0 Å². The second-order valence-corrected chi connectivity index (χ2v) is 4.49. The van der Waals surface area contributed by atoms with Crippen molar-refractivity contribution in [2.75, 3.05) is 5.32 Å². The Balaban J connectivity index is 1.95. The molecule has 1 amide bonds. The van der Waals surface area contributed by atoms with Crippen molar-refractivity contribution in [2.45, 2.75) is 6.61 Å². The van der Waals surface area contributed by atoms with Gasteiger partial charge in [0.25, 0.3) is 6.47 Å². The van der Waals surface area contributed by atoms with E-state index >= 15 is 0 Å². The van der Waals surface area contributed by atoms with Gasteiger partial charge in [0.2, 0.25) is 0 Å². The van der Waals surface area contributed by atoms with Crippen LogP contribution in [0.4, 0.5) is 10.5 Å².